The standard InChI is InChI=1S/C12H23N3S/c1-5-7-15-11(13)10(6-8-16-4)14-12(15)9(2)3/h9H,5-8,13H2,1-4H3. The molecule has 0 aromatic carbocycles. The Kier molecular flexibility index (Phi) is 5.19. The monoisotopic (exact) mass is 241 g/mol. The van der Waals surface area contributed by atoms with Gasteiger partial charge in [0, 0.05) is 18.9 Å². The summed E-state index contributed by atoms with van der Waals surface area (Å²) < 4.78 is 2.18. The van der Waals surface area contributed by atoms with Gasteiger partial charge in [-0.1, -0.05) is 20.8 Å². The molecule has 0 atom stereocenters. The number of aromatic nitrogens is 2. The summed E-state index contributed by atoms with van der Waals surface area (Å²) in [5, 5.41) is 0. The van der Waals surface area contributed by atoms with Gasteiger partial charge in [-0.05, 0) is 18.4 Å². The first-order valence-corrected chi connectivity index (χ1v) is 7.34. The van der Waals surface area contributed by atoms with E-state index in [2.05, 4.69) is 36.6 Å². The Morgan fingerprint density at radius 2 is 2.12 bits per heavy atom. The van der Waals surface area contributed by atoms with Crippen molar-refractivity contribution in [3.63, 3.8) is 0 Å². The fourth-order valence-corrected chi connectivity index (χ4v) is 2.21. The first-order chi connectivity index (χ1) is 7.61. The molecular formula is C12H23N3S. The third kappa shape index (κ3) is 2.94. The van der Waals surface area contributed by atoms with Gasteiger partial charge in [-0.2, -0.15) is 11.8 Å². The Morgan fingerprint density at radius 1 is 1.44 bits per heavy atom. The van der Waals surface area contributed by atoms with Crippen molar-refractivity contribution in [2.75, 3.05) is 17.7 Å². The van der Waals surface area contributed by atoms with Crippen LogP contribution in [0.1, 0.15) is 44.6 Å². The number of imidazole rings is 1. The number of nitrogens with zero attached hydrogens (tertiary/aromatic N) is 2. The summed E-state index contributed by atoms with van der Waals surface area (Å²) in [6, 6.07) is 0. The van der Waals surface area contributed by atoms with Crippen molar-refractivity contribution in [3.8, 4) is 0 Å². The quantitative estimate of drug-likeness (QED) is 0.833. The van der Waals surface area contributed by atoms with Gasteiger partial charge in [-0.15, -0.1) is 0 Å². The van der Waals surface area contributed by atoms with Crippen LogP contribution in [0.5, 0.6) is 0 Å². The maximum Gasteiger partial charge on any atom is 0.126 e. The van der Waals surface area contributed by atoms with Crippen LogP contribution in [0.3, 0.4) is 0 Å². The zero-order valence-electron chi connectivity index (χ0n) is 10.8. The van der Waals surface area contributed by atoms with Crippen LogP contribution in [-0.4, -0.2) is 21.6 Å². The second-order valence-electron chi connectivity index (χ2n) is 4.35. The summed E-state index contributed by atoms with van der Waals surface area (Å²) >= 11 is 1.84. The van der Waals surface area contributed by atoms with Crippen LogP contribution < -0.4 is 5.73 Å². The smallest absolute Gasteiger partial charge is 0.126 e. The molecule has 1 aromatic heterocycles. The lowest BCUT2D eigenvalue weighted by molar-refractivity contribution is 0.616. The van der Waals surface area contributed by atoms with Gasteiger partial charge in [-0.3, -0.25) is 0 Å². The van der Waals surface area contributed by atoms with E-state index in [9.17, 15) is 0 Å². The SMILES string of the molecule is CCCn1c(C(C)C)nc(CCSC)c1N. The molecular weight excluding hydrogens is 218 g/mol. The number of thioether (sulfide) groups is 1. The average Bonchev–Trinajstić information content (AvgIpc) is 2.55. The molecule has 4 heteroatoms. The molecule has 16 heavy (non-hydrogen) atoms. The maximum absolute atomic E-state index is 6.16. The molecule has 0 aliphatic carbocycles. The Morgan fingerprint density at radius 3 is 2.62 bits per heavy atom. The van der Waals surface area contributed by atoms with Crippen LogP contribution in [0.15, 0.2) is 0 Å². The summed E-state index contributed by atoms with van der Waals surface area (Å²) in [5.74, 6) is 3.54. The topological polar surface area (TPSA) is 43.8 Å². The molecule has 0 bridgehead atoms. The Bertz CT molecular complexity index is 331. The van der Waals surface area contributed by atoms with Gasteiger partial charge >= 0.3 is 0 Å². The number of nitrogens with two attached hydrogens (primary N) is 1. The average molecular weight is 241 g/mol. The van der Waals surface area contributed by atoms with Crippen molar-refractivity contribution >= 4 is 17.6 Å². The van der Waals surface area contributed by atoms with E-state index in [1.165, 1.54) is 0 Å². The van der Waals surface area contributed by atoms with Crippen LogP contribution in [0, 0.1) is 0 Å². The number of hydrogen-bond donors (Lipinski definition) is 1. The number of hydrogen-bond acceptors (Lipinski definition) is 3. The molecule has 3 nitrogen and oxygen atoms in total. The minimum absolute atomic E-state index is 0.442. The molecule has 1 aromatic rings. The fourth-order valence-electron chi connectivity index (χ4n) is 1.82. The van der Waals surface area contributed by atoms with Crippen LogP contribution in [0.4, 0.5) is 5.82 Å². The van der Waals surface area contributed by atoms with Crippen molar-refractivity contribution in [2.24, 2.45) is 0 Å². The highest BCUT2D eigenvalue weighted by molar-refractivity contribution is 7.98. The molecule has 1 heterocycles. The summed E-state index contributed by atoms with van der Waals surface area (Å²) in [6.07, 6.45) is 4.19. The van der Waals surface area contributed by atoms with E-state index in [4.69, 9.17) is 5.73 Å². The van der Waals surface area contributed by atoms with Gasteiger partial charge in [0.25, 0.3) is 0 Å². The van der Waals surface area contributed by atoms with E-state index in [1.807, 2.05) is 11.8 Å². The maximum atomic E-state index is 6.16. The lowest BCUT2D eigenvalue weighted by Crippen LogP contribution is -2.08. The van der Waals surface area contributed by atoms with E-state index in [0.717, 1.165) is 42.5 Å². The molecule has 0 aliphatic rings. The van der Waals surface area contributed by atoms with E-state index in [1.54, 1.807) is 0 Å². The number of nitrogen functional groups attached to an aromatic ring is 1. The number of anilines is 1. The lowest BCUT2D eigenvalue weighted by Gasteiger charge is -2.10. The fraction of sp³-hybridized carbons (Fsp3) is 0.750. The molecule has 0 amide bonds. The third-order valence-corrected chi connectivity index (χ3v) is 3.23. The lowest BCUT2D eigenvalue weighted by atomic mass is 10.2. The van der Waals surface area contributed by atoms with Crippen molar-refractivity contribution in [3.05, 3.63) is 11.5 Å². The van der Waals surface area contributed by atoms with Crippen LogP contribution in [0.25, 0.3) is 0 Å². The molecule has 0 spiro atoms. The predicted molar refractivity (Wildman–Crippen MR) is 73.1 cm³/mol. The summed E-state index contributed by atoms with van der Waals surface area (Å²) in [7, 11) is 0. The first kappa shape index (κ1) is 13.4. The highest BCUT2D eigenvalue weighted by atomic mass is 32.2. The van der Waals surface area contributed by atoms with E-state index in [0.29, 0.717) is 5.92 Å². The minimum atomic E-state index is 0.442. The number of aryl methyl sites for hydroxylation is 1. The Balaban J connectivity index is 2.98. The molecule has 1 rings (SSSR count). The molecule has 2 N–H and O–H groups in total. The van der Waals surface area contributed by atoms with Gasteiger partial charge in [0.05, 0.1) is 5.69 Å². The highest BCUT2D eigenvalue weighted by Crippen LogP contribution is 2.22. The summed E-state index contributed by atoms with van der Waals surface area (Å²) in [5.41, 5.74) is 7.24. The van der Waals surface area contributed by atoms with Crippen LogP contribution in [0.2, 0.25) is 0 Å². The van der Waals surface area contributed by atoms with Crippen LogP contribution >= 0.6 is 11.8 Å². The molecule has 0 saturated heterocycles. The summed E-state index contributed by atoms with van der Waals surface area (Å²) in [4.78, 5) is 4.69. The van der Waals surface area contributed by atoms with E-state index in [-0.39, 0.29) is 0 Å². The minimum Gasteiger partial charge on any atom is -0.384 e. The van der Waals surface area contributed by atoms with E-state index >= 15 is 0 Å². The van der Waals surface area contributed by atoms with Crippen molar-refractivity contribution in [1.82, 2.24) is 9.55 Å². The third-order valence-electron chi connectivity index (χ3n) is 2.62. The Labute approximate surface area is 103 Å². The Hall–Kier alpha value is -0.640. The second kappa shape index (κ2) is 6.18. The predicted octanol–water partition coefficient (Wildman–Crippen LogP) is 2.90. The molecule has 0 fully saturated rings. The molecule has 92 valence electrons. The van der Waals surface area contributed by atoms with Gasteiger partial charge < -0.3 is 10.3 Å². The van der Waals surface area contributed by atoms with Gasteiger partial charge in [0.15, 0.2) is 0 Å². The zero-order chi connectivity index (χ0) is 12.1. The van der Waals surface area contributed by atoms with Crippen molar-refractivity contribution in [2.45, 2.75) is 46.1 Å². The van der Waals surface area contributed by atoms with Crippen LogP contribution in [-0.2, 0) is 13.0 Å². The highest BCUT2D eigenvalue weighted by Gasteiger charge is 2.15. The summed E-state index contributed by atoms with van der Waals surface area (Å²) in [6.45, 7) is 7.50. The van der Waals surface area contributed by atoms with Crippen molar-refractivity contribution < 1.29 is 0 Å². The molecule has 0 aliphatic heterocycles. The normalized spacial score (nSPS) is 11.3. The van der Waals surface area contributed by atoms with E-state index < -0.39 is 0 Å². The molecule has 0 radical (unpaired) electrons. The number of rotatable bonds is 6. The largest absolute Gasteiger partial charge is 0.384 e. The van der Waals surface area contributed by atoms with Crippen molar-refractivity contribution in [1.29, 1.82) is 0 Å². The molecule has 0 saturated carbocycles. The van der Waals surface area contributed by atoms with Gasteiger partial charge in [-0.25, -0.2) is 4.98 Å². The second-order valence-corrected chi connectivity index (χ2v) is 5.34. The molecule has 0 unspecified atom stereocenters. The zero-order valence-corrected chi connectivity index (χ0v) is 11.6. The first-order valence-electron chi connectivity index (χ1n) is 5.95. The van der Waals surface area contributed by atoms with Gasteiger partial charge in [0.2, 0.25) is 0 Å². The van der Waals surface area contributed by atoms with Gasteiger partial charge in [0.1, 0.15) is 11.6 Å².